The molecule has 0 fully saturated rings. The van der Waals surface area contributed by atoms with E-state index in [1.54, 1.807) is 0 Å². The van der Waals surface area contributed by atoms with Gasteiger partial charge in [-0.2, -0.15) is 0 Å². The molecule has 0 aliphatic heterocycles. The van der Waals surface area contributed by atoms with Crippen LogP contribution in [0.3, 0.4) is 0 Å². The highest BCUT2D eigenvalue weighted by Gasteiger charge is 2.42. The molecule has 1 unspecified atom stereocenters. The smallest absolute Gasteiger partial charge is 0.0661 e. The molecule has 0 aromatic rings. The first-order valence-corrected chi connectivity index (χ1v) is 14.6. The third-order valence-corrected chi connectivity index (χ3v) is 16.6. The topological polar surface area (TPSA) is 0 Å². The number of unbranched alkanes of at least 4 members (excludes halogenated alkanes) is 3. The Kier molecular flexibility index (Phi) is 9.02. The summed E-state index contributed by atoms with van der Waals surface area (Å²) in [5.41, 5.74) is 0. The van der Waals surface area contributed by atoms with Crippen LogP contribution in [0.4, 0.5) is 0 Å². The van der Waals surface area contributed by atoms with E-state index in [1.165, 1.54) is 37.4 Å². The Balaban J connectivity index is 5.01. The van der Waals surface area contributed by atoms with Gasteiger partial charge in [-0.05, 0) is 6.42 Å². The van der Waals surface area contributed by atoms with Gasteiger partial charge in [0.2, 0.25) is 0 Å². The maximum Gasteiger partial charge on any atom is 0.0661 e. The quantitative estimate of drug-likeness (QED) is 0.279. The Hall–Kier alpha value is -0.00623. The Morgan fingerprint density at radius 2 is 1.37 bits per heavy atom. The van der Waals surface area contributed by atoms with Crippen LogP contribution in [0.5, 0.6) is 0 Å². The van der Waals surface area contributed by atoms with Crippen LogP contribution in [-0.2, 0) is 0 Å². The summed E-state index contributed by atoms with van der Waals surface area (Å²) >= 11 is 0. The first-order chi connectivity index (χ1) is 8.87. The zero-order valence-corrected chi connectivity index (χ0v) is 16.5. The van der Waals surface area contributed by atoms with E-state index in [1.807, 2.05) is 0 Å². The molecule has 0 N–H and O–H groups in total. The van der Waals surface area contributed by atoms with Gasteiger partial charge in [0.05, 0.1) is 16.1 Å². The fourth-order valence-electron chi connectivity index (χ4n) is 3.29. The molecule has 0 bridgehead atoms. The molecule has 0 radical (unpaired) electrons. The zero-order valence-electron chi connectivity index (χ0n) is 14.5. The number of hydrogen-bond donors (Lipinski definition) is 0. The van der Waals surface area contributed by atoms with Gasteiger partial charge in [-0.1, -0.05) is 78.3 Å². The van der Waals surface area contributed by atoms with Gasteiger partial charge >= 0.3 is 0 Å². The van der Waals surface area contributed by atoms with E-state index in [0.717, 1.165) is 11.6 Å². The van der Waals surface area contributed by atoms with Gasteiger partial charge in [0.25, 0.3) is 0 Å². The van der Waals surface area contributed by atoms with Crippen molar-refractivity contribution in [2.45, 2.75) is 96.3 Å². The molecule has 1 atom stereocenters. The molecule has 0 saturated heterocycles. The standard InChI is InChI=1S/C17H36Si2/c1-8-12-13-14-15-16-17(18(5,6)7)19(9-2,10-3)11-4/h17H,8-14H2,1-7H3. The van der Waals surface area contributed by atoms with Gasteiger partial charge in [-0.25, -0.2) is 0 Å². The van der Waals surface area contributed by atoms with Crippen molar-refractivity contribution in [3.63, 3.8) is 0 Å². The maximum atomic E-state index is 3.79. The molecule has 112 valence electrons. The van der Waals surface area contributed by atoms with Gasteiger partial charge in [0.1, 0.15) is 0 Å². The van der Waals surface area contributed by atoms with Crippen LogP contribution in [-0.4, -0.2) is 16.1 Å². The molecule has 0 nitrogen and oxygen atoms in total. The summed E-state index contributed by atoms with van der Waals surface area (Å²) in [6.45, 7) is 17.1. The van der Waals surface area contributed by atoms with Gasteiger partial charge < -0.3 is 0 Å². The van der Waals surface area contributed by atoms with Gasteiger partial charge in [-0.3, -0.25) is 0 Å². The van der Waals surface area contributed by atoms with Crippen LogP contribution >= 0.6 is 0 Å². The lowest BCUT2D eigenvalue weighted by molar-refractivity contribution is 0.737. The summed E-state index contributed by atoms with van der Waals surface area (Å²) in [5, 5.41) is 0.793. The molecule has 0 rings (SSSR count). The average molecular weight is 297 g/mol. The summed E-state index contributed by atoms with van der Waals surface area (Å²) in [6, 6.07) is 4.25. The van der Waals surface area contributed by atoms with E-state index < -0.39 is 16.1 Å². The Morgan fingerprint density at radius 3 is 1.74 bits per heavy atom. The highest BCUT2D eigenvalue weighted by molar-refractivity contribution is 6.98. The SMILES string of the molecule is CCCCCC#CC([Si](C)(C)C)[Si](CC)(CC)CC. The average Bonchev–Trinajstić information content (AvgIpc) is 2.37. The molecule has 0 heterocycles. The van der Waals surface area contributed by atoms with Crippen LogP contribution < -0.4 is 0 Å². The molecule has 0 aliphatic rings. The predicted octanol–water partition coefficient (Wildman–Crippen LogP) is 6.33. The Morgan fingerprint density at radius 1 is 0.842 bits per heavy atom. The molecular formula is C17H36Si2. The van der Waals surface area contributed by atoms with Crippen LogP contribution in [0.1, 0.15) is 53.4 Å². The van der Waals surface area contributed by atoms with Crippen LogP contribution in [0.15, 0.2) is 0 Å². The van der Waals surface area contributed by atoms with Crippen molar-refractivity contribution < 1.29 is 0 Å². The van der Waals surface area contributed by atoms with E-state index in [-0.39, 0.29) is 0 Å². The van der Waals surface area contributed by atoms with Crippen molar-refractivity contribution in [1.29, 1.82) is 0 Å². The minimum atomic E-state index is -1.17. The van der Waals surface area contributed by atoms with E-state index in [2.05, 4.69) is 59.2 Å². The summed E-state index contributed by atoms with van der Waals surface area (Å²) in [4.78, 5) is 0. The van der Waals surface area contributed by atoms with Gasteiger partial charge in [0.15, 0.2) is 0 Å². The van der Waals surface area contributed by atoms with Crippen molar-refractivity contribution in [2.75, 3.05) is 0 Å². The molecule has 0 aromatic heterocycles. The third kappa shape index (κ3) is 5.87. The minimum absolute atomic E-state index is 0.793. The van der Waals surface area contributed by atoms with Gasteiger partial charge in [0, 0.05) is 11.6 Å². The van der Waals surface area contributed by atoms with E-state index in [4.69, 9.17) is 0 Å². The van der Waals surface area contributed by atoms with Crippen LogP contribution in [0.25, 0.3) is 0 Å². The molecule has 2 heteroatoms. The van der Waals surface area contributed by atoms with Gasteiger partial charge in [-0.15, -0.1) is 11.8 Å². The lowest BCUT2D eigenvalue weighted by Crippen LogP contribution is -2.48. The summed E-state index contributed by atoms with van der Waals surface area (Å²) < 4.78 is 0. The largest absolute Gasteiger partial charge is 0.106 e. The lowest BCUT2D eigenvalue weighted by atomic mass is 10.2. The minimum Gasteiger partial charge on any atom is -0.106 e. The Bertz CT molecular complexity index is 278. The van der Waals surface area contributed by atoms with Crippen molar-refractivity contribution in [1.82, 2.24) is 0 Å². The monoisotopic (exact) mass is 296 g/mol. The van der Waals surface area contributed by atoms with Crippen molar-refractivity contribution in [2.24, 2.45) is 0 Å². The van der Waals surface area contributed by atoms with E-state index in [9.17, 15) is 0 Å². The number of hydrogen-bond acceptors (Lipinski definition) is 0. The fourth-order valence-corrected chi connectivity index (χ4v) is 16.1. The highest BCUT2D eigenvalue weighted by Crippen LogP contribution is 2.39. The second-order valence-electron chi connectivity index (χ2n) is 7.00. The highest BCUT2D eigenvalue weighted by atomic mass is 28.4. The Labute approximate surface area is 124 Å². The van der Waals surface area contributed by atoms with E-state index >= 15 is 0 Å². The normalized spacial score (nSPS) is 13.8. The maximum absolute atomic E-state index is 3.79. The summed E-state index contributed by atoms with van der Waals surface area (Å²) in [6.07, 6.45) is 5.05. The van der Waals surface area contributed by atoms with Crippen LogP contribution in [0.2, 0.25) is 42.9 Å². The zero-order chi connectivity index (χ0) is 14.9. The van der Waals surface area contributed by atoms with Crippen molar-refractivity contribution in [3.8, 4) is 11.8 Å². The molecule has 19 heavy (non-hydrogen) atoms. The molecule has 0 spiro atoms. The summed E-state index contributed by atoms with van der Waals surface area (Å²) in [7, 11) is -2.33. The number of rotatable bonds is 8. The lowest BCUT2D eigenvalue weighted by Gasteiger charge is -2.41. The molecule has 0 saturated carbocycles. The van der Waals surface area contributed by atoms with Crippen LogP contribution in [0, 0.1) is 11.8 Å². The fraction of sp³-hybridized carbons (Fsp3) is 0.882. The second-order valence-corrected chi connectivity index (χ2v) is 18.3. The summed E-state index contributed by atoms with van der Waals surface area (Å²) in [5.74, 6) is 7.34. The predicted molar refractivity (Wildman–Crippen MR) is 96.2 cm³/mol. The molecule has 0 aromatic carbocycles. The third-order valence-electron chi connectivity index (χ3n) is 4.74. The van der Waals surface area contributed by atoms with Crippen molar-refractivity contribution >= 4 is 16.1 Å². The molecular weight excluding hydrogens is 260 g/mol. The van der Waals surface area contributed by atoms with Crippen molar-refractivity contribution in [3.05, 3.63) is 0 Å². The molecule has 0 aliphatic carbocycles. The first kappa shape index (κ1) is 19.0. The van der Waals surface area contributed by atoms with E-state index in [0.29, 0.717) is 0 Å². The first-order valence-electron chi connectivity index (χ1n) is 8.36. The molecule has 0 amide bonds. The second kappa shape index (κ2) is 9.03.